The van der Waals surface area contributed by atoms with Crippen molar-refractivity contribution in [1.29, 1.82) is 0 Å². The fourth-order valence-electron chi connectivity index (χ4n) is 3.15. The number of carbonyl (C=O) groups is 3. The van der Waals surface area contributed by atoms with Crippen molar-refractivity contribution in [2.24, 2.45) is 0 Å². The van der Waals surface area contributed by atoms with E-state index in [1.807, 2.05) is 0 Å². The fourth-order valence-corrected chi connectivity index (χ4v) is 4.57. The van der Waals surface area contributed by atoms with Crippen molar-refractivity contribution in [2.45, 2.75) is 25.3 Å². The largest absolute Gasteiger partial charge is 0.466 e. The zero-order chi connectivity index (χ0) is 21.0. The molecule has 2 amide bonds. The highest BCUT2D eigenvalue weighted by Crippen LogP contribution is 2.41. The van der Waals surface area contributed by atoms with E-state index in [0.29, 0.717) is 23.7 Å². The van der Waals surface area contributed by atoms with E-state index in [0.717, 1.165) is 0 Å². The van der Waals surface area contributed by atoms with Gasteiger partial charge in [-0.3, -0.25) is 9.59 Å². The van der Waals surface area contributed by atoms with Crippen LogP contribution in [-0.2, 0) is 19.1 Å². The van der Waals surface area contributed by atoms with Gasteiger partial charge in [-0.2, -0.15) is 0 Å². The van der Waals surface area contributed by atoms with Crippen molar-refractivity contribution >= 4 is 35.2 Å². The molecule has 29 heavy (non-hydrogen) atoms. The van der Waals surface area contributed by atoms with E-state index in [4.69, 9.17) is 9.15 Å². The molecule has 0 radical (unpaired) electrons. The van der Waals surface area contributed by atoms with Crippen LogP contribution in [0.4, 0.5) is 10.1 Å². The molecule has 0 bridgehead atoms. The smallest absolute Gasteiger partial charge is 0.330 e. The number of anilines is 1. The van der Waals surface area contributed by atoms with Crippen LogP contribution in [0.3, 0.4) is 0 Å². The first-order valence-corrected chi connectivity index (χ1v) is 10.1. The van der Waals surface area contributed by atoms with E-state index in [2.05, 4.69) is 0 Å². The van der Waals surface area contributed by atoms with Gasteiger partial charge in [0.2, 0.25) is 5.91 Å². The lowest BCUT2D eigenvalue weighted by Gasteiger charge is -2.26. The lowest BCUT2D eigenvalue weighted by Crippen LogP contribution is -2.44. The summed E-state index contributed by atoms with van der Waals surface area (Å²) < 4.78 is 23.7. The third-order valence-corrected chi connectivity index (χ3v) is 5.80. The van der Waals surface area contributed by atoms with Crippen molar-refractivity contribution in [3.8, 4) is 0 Å². The predicted octanol–water partition coefficient (Wildman–Crippen LogP) is 2.98. The van der Waals surface area contributed by atoms with Gasteiger partial charge in [-0.05, 0) is 43.3 Å². The van der Waals surface area contributed by atoms with Gasteiger partial charge in [0.05, 0.1) is 6.26 Å². The van der Waals surface area contributed by atoms with Gasteiger partial charge in [0.15, 0.2) is 6.61 Å². The van der Waals surface area contributed by atoms with E-state index < -0.39 is 35.7 Å². The summed E-state index contributed by atoms with van der Waals surface area (Å²) in [5, 5.41) is -0.415. The molecule has 3 rings (SSSR count). The van der Waals surface area contributed by atoms with Gasteiger partial charge in [0.1, 0.15) is 23.0 Å². The lowest BCUT2D eigenvalue weighted by atomic mass is 10.2. The highest BCUT2D eigenvalue weighted by molar-refractivity contribution is 7.99. The zero-order valence-electron chi connectivity index (χ0n) is 16.0. The van der Waals surface area contributed by atoms with Crippen molar-refractivity contribution in [3.05, 3.63) is 54.2 Å². The summed E-state index contributed by atoms with van der Waals surface area (Å²) in [6.45, 7) is 3.01. The van der Waals surface area contributed by atoms with E-state index in [-0.39, 0.29) is 5.91 Å². The molecular weight excluding hydrogens is 399 g/mol. The van der Waals surface area contributed by atoms with E-state index in [1.165, 1.54) is 59.0 Å². The number of likely N-dealkylation sites (N-methyl/N-ethyl adjacent to an activating group) is 1. The summed E-state index contributed by atoms with van der Waals surface area (Å²) in [5.74, 6) is -0.859. The third kappa shape index (κ3) is 4.61. The number of nitrogens with zero attached hydrogens (tertiary/aromatic N) is 2. The molecule has 1 aromatic carbocycles. The van der Waals surface area contributed by atoms with Crippen LogP contribution in [0, 0.1) is 5.82 Å². The third-order valence-electron chi connectivity index (χ3n) is 4.52. The summed E-state index contributed by atoms with van der Waals surface area (Å²) in [6.07, 6.45) is 1.51. The molecule has 0 unspecified atom stereocenters. The van der Waals surface area contributed by atoms with Crippen molar-refractivity contribution in [2.75, 3.05) is 23.8 Å². The summed E-state index contributed by atoms with van der Waals surface area (Å²) in [4.78, 5) is 40.0. The minimum Gasteiger partial charge on any atom is -0.466 e. The summed E-state index contributed by atoms with van der Waals surface area (Å²) >= 11 is 1.40. The van der Waals surface area contributed by atoms with Gasteiger partial charge < -0.3 is 19.0 Å². The molecule has 7 nitrogen and oxygen atoms in total. The molecule has 2 aromatic rings. The molecule has 0 saturated carbocycles. The molecule has 9 heteroatoms. The topological polar surface area (TPSA) is 80.1 Å². The first-order chi connectivity index (χ1) is 13.9. The minimum absolute atomic E-state index is 0.286. The van der Waals surface area contributed by atoms with Crippen LogP contribution < -0.4 is 4.90 Å². The van der Waals surface area contributed by atoms with Gasteiger partial charge in [0.25, 0.3) is 5.91 Å². The summed E-state index contributed by atoms with van der Waals surface area (Å²) in [5.41, 5.74) is 0.509. The molecule has 1 fully saturated rings. The Morgan fingerprint density at radius 3 is 2.59 bits per heavy atom. The van der Waals surface area contributed by atoms with Crippen molar-refractivity contribution < 1.29 is 27.9 Å². The average molecular weight is 420 g/mol. The van der Waals surface area contributed by atoms with Crippen LogP contribution in [0.2, 0.25) is 0 Å². The molecule has 1 aliphatic heterocycles. The molecule has 2 atom stereocenters. The fraction of sp³-hybridized carbons (Fsp3) is 0.350. The standard InChI is InChI=1S/C20H21FN2O5S/c1-3-22(15-8-6-14(21)7-9-15)18(25)11-28-20(26)16-12-29-19(23(16)13(2)24)17-5-4-10-27-17/h4-10,16,19H,3,11-12H2,1-2H3/t16-,19+/m1/s1. The number of hydrogen-bond acceptors (Lipinski definition) is 6. The molecule has 1 aromatic heterocycles. The van der Waals surface area contributed by atoms with Gasteiger partial charge in [-0.15, -0.1) is 11.8 Å². The molecule has 1 aliphatic rings. The summed E-state index contributed by atoms with van der Waals surface area (Å²) in [6, 6.07) is 8.13. The number of esters is 1. The molecule has 154 valence electrons. The Morgan fingerprint density at radius 1 is 1.28 bits per heavy atom. The number of rotatable bonds is 6. The second kappa shape index (κ2) is 9.13. The number of furan rings is 1. The molecule has 0 spiro atoms. The van der Waals surface area contributed by atoms with Crippen LogP contribution in [0.15, 0.2) is 47.1 Å². The van der Waals surface area contributed by atoms with E-state index in [1.54, 1.807) is 19.1 Å². The second-order valence-electron chi connectivity index (χ2n) is 6.37. The first kappa shape index (κ1) is 20.9. The number of carbonyl (C=O) groups excluding carboxylic acids is 3. The van der Waals surface area contributed by atoms with Crippen LogP contribution in [0.1, 0.15) is 25.0 Å². The maximum atomic E-state index is 13.1. The Bertz CT molecular complexity index is 872. The molecule has 0 N–H and O–H groups in total. The molecule has 1 saturated heterocycles. The van der Waals surface area contributed by atoms with Gasteiger partial charge in [0, 0.05) is 24.9 Å². The van der Waals surface area contributed by atoms with Crippen LogP contribution >= 0.6 is 11.8 Å². The van der Waals surface area contributed by atoms with Crippen LogP contribution in [0.25, 0.3) is 0 Å². The van der Waals surface area contributed by atoms with Crippen molar-refractivity contribution in [3.63, 3.8) is 0 Å². The van der Waals surface area contributed by atoms with Gasteiger partial charge in [-0.25, -0.2) is 9.18 Å². The molecule has 0 aliphatic carbocycles. The number of ether oxygens (including phenoxy) is 1. The monoisotopic (exact) mass is 420 g/mol. The Morgan fingerprint density at radius 2 is 2.00 bits per heavy atom. The van der Waals surface area contributed by atoms with E-state index in [9.17, 15) is 18.8 Å². The van der Waals surface area contributed by atoms with Gasteiger partial charge >= 0.3 is 5.97 Å². The normalized spacial score (nSPS) is 18.5. The minimum atomic E-state index is -0.804. The molecule has 2 heterocycles. The quantitative estimate of drug-likeness (QED) is 0.669. The Hall–Kier alpha value is -2.81. The number of hydrogen-bond donors (Lipinski definition) is 0. The Kier molecular flexibility index (Phi) is 6.58. The SMILES string of the molecule is CCN(C(=O)COC(=O)[C@H]1CS[C@@H](c2ccco2)N1C(C)=O)c1ccc(F)cc1. The van der Waals surface area contributed by atoms with Gasteiger partial charge in [-0.1, -0.05) is 0 Å². The number of amides is 2. The molecular formula is C20H21FN2O5S. The predicted molar refractivity (Wildman–Crippen MR) is 106 cm³/mol. The van der Waals surface area contributed by atoms with Crippen LogP contribution in [-0.4, -0.2) is 47.6 Å². The van der Waals surface area contributed by atoms with Crippen LogP contribution in [0.5, 0.6) is 0 Å². The maximum Gasteiger partial charge on any atom is 0.330 e. The number of thioether (sulfide) groups is 1. The van der Waals surface area contributed by atoms with Crippen molar-refractivity contribution in [1.82, 2.24) is 4.90 Å². The highest BCUT2D eigenvalue weighted by Gasteiger charge is 2.43. The first-order valence-electron chi connectivity index (χ1n) is 9.08. The summed E-state index contributed by atoms with van der Waals surface area (Å²) in [7, 11) is 0. The number of benzene rings is 1. The zero-order valence-corrected chi connectivity index (χ0v) is 16.9. The Balaban J connectivity index is 1.64. The number of halogens is 1. The van der Waals surface area contributed by atoms with E-state index >= 15 is 0 Å². The second-order valence-corrected chi connectivity index (χ2v) is 7.48. The maximum absolute atomic E-state index is 13.1. The highest BCUT2D eigenvalue weighted by atomic mass is 32.2. The average Bonchev–Trinajstić information content (AvgIpc) is 3.37. The lowest BCUT2D eigenvalue weighted by molar-refractivity contribution is -0.155. The Labute approximate surface area is 171 Å².